The normalized spacial score (nSPS) is 39.2. The maximum absolute atomic E-state index is 8.61. The first kappa shape index (κ1) is 8.52. The molecule has 0 aromatic heterocycles. The molecule has 0 aromatic carbocycles. The van der Waals surface area contributed by atoms with Crippen LogP contribution in [-0.4, -0.2) is 24.8 Å². The molecule has 2 aliphatic rings. The topological polar surface area (TPSA) is 32.3 Å². The van der Waals surface area contributed by atoms with Crippen LogP contribution in [-0.2, 0) is 0 Å². The van der Waals surface area contributed by atoms with Gasteiger partial charge in [0, 0.05) is 6.54 Å². The fourth-order valence-electron chi connectivity index (χ4n) is 2.99. The summed E-state index contributed by atoms with van der Waals surface area (Å²) in [7, 11) is 0. The average Bonchev–Trinajstić information content (AvgIpc) is 2.65. The summed E-state index contributed by atoms with van der Waals surface area (Å²) in [6.07, 6.45) is 5.89. The predicted molar refractivity (Wildman–Crippen MR) is 48.9 cm³/mol. The third-order valence-electron chi connectivity index (χ3n) is 3.58. The van der Waals surface area contributed by atoms with Crippen molar-refractivity contribution in [2.75, 3.05) is 19.7 Å². The first-order valence-electron chi connectivity index (χ1n) is 5.21. The molecule has 0 saturated heterocycles. The van der Waals surface area contributed by atoms with Crippen molar-refractivity contribution in [3.05, 3.63) is 0 Å². The molecule has 3 atom stereocenters. The molecule has 2 rings (SSSR count). The molecule has 2 saturated carbocycles. The van der Waals surface area contributed by atoms with Gasteiger partial charge in [-0.05, 0) is 43.6 Å². The van der Waals surface area contributed by atoms with E-state index in [1.807, 2.05) is 0 Å². The van der Waals surface area contributed by atoms with Crippen molar-refractivity contribution in [2.24, 2.45) is 17.8 Å². The van der Waals surface area contributed by atoms with Gasteiger partial charge in [-0.15, -0.1) is 0 Å². The number of hydrogen-bond donors (Lipinski definition) is 2. The van der Waals surface area contributed by atoms with Crippen LogP contribution in [0.25, 0.3) is 0 Å². The molecule has 0 heterocycles. The van der Waals surface area contributed by atoms with Crippen LogP contribution in [0.3, 0.4) is 0 Å². The van der Waals surface area contributed by atoms with Gasteiger partial charge in [0.25, 0.3) is 0 Å². The van der Waals surface area contributed by atoms with Crippen molar-refractivity contribution in [1.82, 2.24) is 5.32 Å². The maximum atomic E-state index is 8.61. The Labute approximate surface area is 74.4 Å². The fourth-order valence-corrected chi connectivity index (χ4v) is 2.99. The van der Waals surface area contributed by atoms with E-state index in [-0.39, 0.29) is 6.61 Å². The molecule has 0 aromatic rings. The third kappa shape index (κ3) is 1.64. The van der Waals surface area contributed by atoms with E-state index in [4.69, 9.17) is 5.11 Å². The fraction of sp³-hybridized carbons (Fsp3) is 1.00. The number of aliphatic hydroxyl groups is 1. The second-order valence-corrected chi connectivity index (χ2v) is 4.36. The predicted octanol–water partition coefficient (Wildman–Crippen LogP) is 1.00. The van der Waals surface area contributed by atoms with Crippen molar-refractivity contribution >= 4 is 0 Å². The Kier molecular flexibility index (Phi) is 2.66. The second-order valence-electron chi connectivity index (χ2n) is 4.36. The Morgan fingerprint density at radius 3 is 2.75 bits per heavy atom. The minimum absolute atomic E-state index is 0.279. The number of hydrogen-bond acceptors (Lipinski definition) is 2. The van der Waals surface area contributed by atoms with Crippen molar-refractivity contribution in [3.8, 4) is 0 Å². The van der Waals surface area contributed by atoms with Gasteiger partial charge in [0.15, 0.2) is 0 Å². The van der Waals surface area contributed by atoms with Gasteiger partial charge in [-0.2, -0.15) is 0 Å². The molecular formula is C10H19NO. The first-order chi connectivity index (χ1) is 5.90. The average molecular weight is 169 g/mol. The Bertz CT molecular complexity index is 149. The van der Waals surface area contributed by atoms with Crippen LogP contribution in [0.2, 0.25) is 0 Å². The van der Waals surface area contributed by atoms with Crippen LogP contribution in [0.4, 0.5) is 0 Å². The zero-order valence-corrected chi connectivity index (χ0v) is 7.63. The molecule has 70 valence electrons. The first-order valence-corrected chi connectivity index (χ1v) is 5.21. The molecule has 2 N–H and O–H groups in total. The maximum Gasteiger partial charge on any atom is 0.0555 e. The molecule has 0 amide bonds. The molecule has 2 aliphatic carbocycles. The molecule has 2 fully saturated rings. The van der Waals surface area contributed by atoms with Crippen molar-refractivity contribution in [3.63, 3.8) is 0 Å². The van der Waals surface area contributed by atoms with E-state index in [1.54, 1.807) is 0 Å². The molecule has 2 nitrogen and oxygen atoms in total. The van der Waals surface area contributed by atoms with Gasteiger partial charge in [0.2, 0.25) is 0 Å². The number of aliphatic hydroxyl groups excluding tert-OH is 1. The van der Waals surface area contributed by atoms with E-state index in [0.29, 0.717) is 0 Å². The lowest BCUT2D eigenvalue weighted by Crippen LogP contribution is -2.28. The Morgan fingerprint density at radius 2 is 2.17 bits per heavy atom. The minimum Gasteiger partial charge on any atom is -0.395 e. The number of fused-ring (bicyclic) bond motifs is 2. The highest BCUT2D eigenvalue weighted by atomic mass is 16.3. The lowest BCUT2D eigenvalue weighted by Gasteiger charge is -2.21. The van der Waals surface area contributed by atoms with Gasteiger partial charge in [-0.25, -0.2) is 0 Å². The Morgan fingerprint density at radius 1 is 1.25 bits per heavy atom. The van der Waals surface area contributed by atoms with Gasteiger partial charge < -0.3 is 10.4 Å². The minimum atomic E-state index is 0.279. The van der Waals surface area contributed by atoms with Crippen LogP contribution >= 0.6 is 0 Å². The summed E-state index contributed by atoms with van der Waals surface area (Å²) < 4.78 is 0. The lowest BCUT2D eigenvalue weighted by molar-refractivity contribution is 0.272. The van der Waals surface area contributed by atoms with Crippen LogP contribution in [0.1, 0.15) is 25.7 Å². The zero-order chi connectivity index (χ0) is 8.39. The molecule has 2 heteroatoms. The summed E-state index contributed by atoms with van der Waals surface area (Å²) in [5, 5.41) is 11.9. The molecule has 3 unspecified atom stereocenters. The van der Waals surface area contributed by atoms with Gasteiger partial charge in [0.05, 0.1) is 6.61 Å². The van der Waals surface area contributed by atoms with Gasteiger partial charge in [0.1, 0.15) is 0 Å². The summed E-state index contributed by atoms with van der Waals surface area (Å²) in [5.41, 5.74) is 0. The summed E-state index contributed by atoms with van der Waals surface area (Å²) in [4.78, 5) is 0. The van der Waals surface area contributed by atoms with Gasteiger partial charge in [-0.1, -0.05) is 6.42 Å². The highest BCUT2D eigenvalue weighted by Gasteiger charge is 2.38. The lowest BCUT2D eigenvalue weighted by atomic mass is 9.89. The Hall–Kier alpha value is -0.0800. The quantitative estimate of drug-likeness (QED) is 0.615. The molecule has 0 spiro atoms. The van der Waals surface area contributed by atoms with Crippen LogP contribution in [0, 0.1) is 17.8 Å². The van der Waals surface area contributed by atoms with Gasteiger partial charge >= 0.3 is 0 Å². The van der Waals surface area contributed by atoms with E-state index in [0.717, 1.165) is 30.8 Å². The Balaban J connectivity index is 1.69. The van der Waals surface area contributed by atoms with E-state index in [2.05, 4.69) is 5.32 Å². The highest BCUT2D eigenvalue weighted by molar-refractivity contribution is 4.90. The summed E-state index contributed by atoms with van der Waals surface area (Å²) >= 11 is 0. The highest BCUT2D eigenvalue weighted by Crippen LogP contribution is 2.47. The van der Waals surface area contributed by atoms with E-state index in [9.17, 15) is 0 Å². The standard InChI is InChI=1S/C10H19NO/c12-4-3-11-7-10-6-8-1-2-9(10)5-8/h8-12H,1-7H2. The summed E-state index contributed by atoms with van der Waals surface area (Å²) in [6, 6.07) is 0. The van der Waals surface area contributed by atoms with E-state index < -0.39 is 0 Å². The SMILES string of the molecule is OCCNCC1CC2CCC1C2. The van der Waals surface area contributed by atoms with Gasteiger partial charge in [-0.3, -0.25) is 0 Å². The number of nitrogens with one attached hydrogen (secondary N) is 1. The largest absolute Gasteiger partial charge is 0.395 e. The van der Waals surface area contributed by atoms with Crippen molar-refractivity contribution < 1.29 is 5.11 Å². The molecule has 0 radical (unpaired) electrons. The molecular weight excluding hydrogens is 150 g/mol. The van der Waals surface area contributed by atoms with Crippen LogP contribution < -0.4 is 5.32 Å². The monoisotopic (exact) mass is 169 g/mol. The van der Waals surface area contributed by atoms with Crippen molar-refractivity contribution in [1.29, 1.82) is 0 Å². The van der Waals surface area contributed by atoms with E-state index in [1.165, 1.54) is 25.7 Å². The third-order valence-corrected chi connectivity index (χ3v) is 3.58. The van der Waals surface area contributed by atoms with Crippen LogP contribution in [0.15, 0.2) is 0 Å². The van der Waals surface area contributed by atoms with E-state index >= 15 is 0 Å². The van der Waals surface area contributed by atoms with Crippen LogP contribution in [0.5, 0.6) is 0 Å². The molecule has 0 aliphatic heterocycles. The molecule has 12 heavy (non-hydrogen) atoms. The number of rotatable bonds is 4. The smallest absolute Gasteiger partial charge is 0.0555 e. The summed E-state index contributed by atoms with van der Waals surface area (Å²) in [5.74, 6) is 2.99. The molecule has 2 bridgehead atoms. The zero-order valence-electron chi connectivity index (χ0n) is 7.63. The second kappa shape index (κ2) is 3.75. The summed E-state index contributed by atoms with van der Waals surface area (Å²) in [6.45, 7) is 2.19. The van der Waals surface area contributed by atoms with Crippen molar-refractivity contribution in [2.45, 2.75) is 25.7 Å².